The van der Waals surface area contributed by atoms with E-state index in [-0.39, 0.29) is 0 Å². The zero-order chi connectivity index (χ0) is 17.8. The fourth-order valence-electron chi connectivity index (χ4n) is 3.93. The van der Waals surface area contributed by atoms with Gasteiger partial charge in [0.25, 0.3) is 0 Å². The highest BCUT2D eigenvalue weighted by atomic mass is 15.3. The Morgan fingerprint density at radius 3 is 2.85 bits per heavy atom. The average molecular weight is 349 g/mol. The van der Waals surface area contributed by atoms with Gasteiger partial charge in [-0.3, -0.25) is 4.90 Å². The molecule has 0 N–H and O–H groups in total. The number of benzene rings is 1. The molecule has 0 saturated carbocycles. The maximum atomic E-state index is 4.55. The minimum atomic E-state index is 0.639. The molecule has 2 aromatic heterocycles. The van der Waals surface area contributed by atoms with Gasteiger partial charge in [0.2, 0.25) is 0 Å². The molecule has 0 aliphatic carbocycles. The van der Waals surface area contributed by atoms with Crippen LogP contribution in [-0.2, 0) is 20.0 Å². The van der Waals surface area contributed by atoms with Crippen molar-refractivity contribution in [2.45, 2.75) is 44.7 Å². The Balaban J connectivity index is 1.40. The highest BCUT2D eigenvalue weighted by Gasteiger charge is 2.23. The number of para-hydroxylation sites is 1. The van der Waals surface area contributed by atoms with Gasteiger partial charge in [-0.15, -0.1) is 0 Å². The summed E-state index contributed by atoms with van der Waals surface area (Å²) in [5, 5.41) is 4.55. The van der Waals surface area contributed by atoms with E-state index in [9.17, 15) is 0 Å². The third-order valence-electron chi connectivity index (χ3n) is 5.41. The van der Waals surface area contributed by atoms with Crippen molar-refractivity contribution in [3.8, 4) is 5.69 Å². The zero-order valence-corrected chi connectivity index (χ0v) is 15.5. The highest BCUT2D eigenvalue weighted by molar-refractivity contribution is 5.30. The number of rotatable bonds is 6. The molecular weight excluding hydrogens is 322 g/mol. The van der Waals surface area contributed by atoms with Gasteiger partial charge in [-0.05, 0) is 37.9 Å². The van der Waals surface area contributed by atoms with Crippen molar-refractivity contribution in [3.63, 3.8) is 0 Å². The summed E-state index contributed by atoms with van der Waals surface area (Å²) >= 11 is 0. The van der Waals surface area contributed by atoms with Crippen LogP contribution in [0, 0.1) is 0 Å². The van der Waals surface area contributed by atoms with Crippen molar-refractivity contribution in [1.29, 1.82) is 0 Å². The van der Waals surface area contributed by atoms with Gasteiger partial charge in [0.05, 0.1) is 11.9 Å². The second kappa shape index (κ2) is 7.87. The van der Waals surface area contributed by atoms with Gasteiger partial charge >= 0.3 is 0 Å². The Hall–Kier alpha value is -2.40. The van der Waals surface area contributed by atoms with E-state index in [2.05, 4.69) is 57.1 Å². The third-order valence-corrected chi connectivity index (χ3v) is 5.41. The predicted octanol–water partition coefficient (Wildman–Crippen LogP) is 3.59. The van der Waals surface area contributed by atoms with Crippen LogP contribution in [0.25, 0.3) is 5.69 Å². The average Bonchev–Trinajstić information content (AvgIpc) is 3.31. The summed E-state index contributed by atoms with van der Waals surface area (Å²) in [6.45, 7) is 2.17. The van der Waals surface area contributed by atoms with Crippen LogP contribution in [0.4, 0.5) is 0 Å². The molecule has 1 aliphatic rings. The minimum absolute atomic E-state index is 0.639. The van der Waals surface area contributed by atoms with E-state index < -0.39 is 0 Å². The van der Waals surface area contributed by atoms with Crippen molar-refractivity contribution in [2.24, 2.45) is 7.05 Å². The van der Waals surface area contributed by atoms with Gasteiger partial charge in [0.15, 0.2) is 0 Å². The molecule has 5 heteroatoms. The Morgan fingerprint density at radius 2 is 2.04 bits per heavy atom. The zero-order valence-electron chi connectivity index (χ0n) is 15.5. The van der Waals surface area contributed by atoms with E-state index >= 15 is 0 Å². The SMILES string of the molecule is Cn1ccnc1CC[C@@H]1CCCCN1Cc1cnn(-c2ccccc2)c1. The normalized spacial score (nSPS) is 18.3. The maximum absolute atomic E-state index is 4.55. The van der Waals surface area contributed by atoms with E-state index in [1.54, 1.807) is 0 Å². The van der Waals surface area contributed by atoms with Crippen LogP contribution < -0.4 is 0 Å². The first-order valence-corrected chi connectivity index (χ1v) is 9.59. The number of aryl methyl sites for hydroxylation is 2. The molecule has 0 unspecified atom stereocenters. The highest BCUT2D eigenvalue weighted by Crippen LogP contribution is 2.23. The maximum Gasteiger partial charge on any atom is 0.108 e. The quantitative estimate of drug-likeness (QED) is 0.683. The number of hydrogen-bond acceptors (Lipinski definition) is 3. The van der Waals surface area contributed by atoms with Crippen LogP contribution in [-0.4, -0.2) is 36.8 Å². The largest absolute Gasteiger partial charge is 0.338 e. The molecule has 3 heterocycles. The van der Waals surface area contributed by atoms with Crippen LogP contribution in [0.1, 0.15) is 37.1 Å². The van der Waals surface area contributed by atoms with E-state index in [0.29, 0.717) is 6.04 Å². The number of likely N-dealkylation sites (tertiary alicyclic amines) is 1. The van der Waals surface area contributed by atoms with Crippen molar-refractivity contribution in [2.75, 3.05) is 6.54 Å². The molecule has 0 radical (unpaired) electrons. The minimum Gasteiger partial charge on any atom is -0.338 e. The molecule has 1 atom stereocenters. The van der Waals surface area contributed by atoms with Gasteiger partial charge in [-0.2, -0.15) is 5.10 Å². The first-order valence-electron chi connectivity index (χ1n) is 9.59. The fourth-order valence-corrected chi connectivity index (χ4v) is 3.93. The first-order chi connectivity index (χ1) is 12.8. The van der Waals surface area contributed by atoms with Crippen molar-refractivity contribution in [3.05, 3.63) is 66.5 Å². The van der Waals surface area contributed by atoms with E-state index in [1.165, 1.54) is 43.6 Å². The molecule has 1 fully saturated rings. The molecule has 136 valence electrons. The number of hydrogen-bond donors (Lipinski definition) is 0. The Kier molecular flexibility index (Phi) is 5.16. The van der Waals surface area contributed by atoms with E-state index in [1.807, 2.05) is 29.3 Å². The molecule has 0 bridgehead atoms. The molecule has 1 saturated heterocycles. The summed E-state index contributed by atoms with van der Waals surface area (Å²) in [4.78, 5) is 7.11. The monoisotopic (exact) mass is 349 g/mol. The predicted molar refractivity (Wildman–Crippen MR) is 103 cm³/mol. The van der Waals surface area contributed by atoms with E-state index in [4.69, 9.17) is 0 Å². The van der Waals surface area contributed by atoms with Crippen molar-refractivity contribution in [1.82, 2.24) is 24.2 Å². The summed E-state index contributed by atoms with van der Waals surface area (Å²) in [5.41, 5.74) is 2.40. The molecule has 5 nitrogen and oxygen atoms in total. The molecular formula is C21H27N5. The molecule has 1 aliphatic heterocycles. The fraction of sp³-hybridized carbons (Fsp3) is 0.429. The van der Waals surface area contributed by atoms with Crippen LogP contribution in [0.5, 0.6) is 0 Å². The summed E-state index contributed by atoms with van der Waals surface area (Å²) in [6.07, 6.45) is 14.3. The van der Waals surface area contributed by atoms with Crippen LogP contribution in [0.3, 0.4) is 0 Å². The van der Waals surface area contributed by atoms with Gasteiger partial charge in [0.1, 0.15) is 5.82 Å². The van der Waals surface area contributed by atoms with E-state index in [0.717, 1.165) is 18.7 Å². The molecule has 26 heavy (non-hydrogen) atoms. The third kappa shape index (κ3) is 3.88. The Bertz CT molecular complexity index is 820. The summed E-state index contributed by atoms with van der Waals surface area (Å²) < 4.78 is 4.11. The Morgan fingerprint density at radius 1 is 1.15 bits per heavy atom. The lowest BCUT2D eigenvalue weighted by atomic mass is 9.97. The van der Waals surface area contributed by atoms with Crippen LogP contribution in [0.15, 0.2) is 55.1 Å². The number of piperidine rings is 1. The number of aromatic nitrogens is 4. The lowest BCUT2D eigenvalue weighted by Crippen LogP contribution is -2.39. The lowest BCUT2D eigenvalue weighted by molar-refractivity contribution is 0.132. The topological polar surface area (TPSA) is 38.9 Å². The van der Waals surface area contributed by atoms with Gasteiger partial charge in [-0.25, -0.2) is 9.67 Å². The standard InChI is InChI=1S/C21H27N5/c1-24-14-12-22-21(24)11-10-19-7-5-6-13-25(19)16-18-15-23-26(17-18)20-8-3-2-4-9-20/h2-4,8-9,12,14-15,17,19H,5-7,10-11,13,16H2,1H3/t19-/m0/s1. The van der Waals surface area contributed by atoms with Crippen molar-refractivity contribution < 1.29 is 0 Å². The van der Waals surface area contributed by atoms with Gasteiger partial charge in [0, 0.05) is 50.2 Å². The van der Waals surface area contributed by atoms with Crippen LogP contribution in [0.2, 0.25) is 0 Å². The second-order valence-electron chi connectivity index (χ2n) is 7.24. The van der Waals surface area contributed by atoms with Crippen LogP contribution >= 0.6 is 0 Å². The summed E-state index contributed by atoms with van der Waals surface area (Å²) in [5.74, 6) is 1.19. The molecule has 4 rings (SSSR count). The lowest BCUT2D eigenvalue weighted by Gasteiger charge is -2.35. The number of imidazole rings is 1. The molecule has 0 amide bonds. The first kappa shape index (κ1) is 17.0. The Labute approximate surface area is 155 Å². The number of nitrogens with zero attached hydrogens (tertiary/aromatic N) is 5. The van der Waals surface area contributed by atoms with Crippen molar-refractivity contribution >= 4 is 0 Å². The second-order valence-corrected chi connectivity index (χ2v) is 7.24. The van der Waals surface area contributed by atoms with Gasteiger partial charge < -0.3 is 4.57 Å². The molecule has 3 aromatic rings. The molecule has 1 aromatic carbocycles. The van der Waals surface area contributed by atoms with Gasteiger partial charge in [-0.1, -0.05) is 24.6 Å². The summed E-state index contributed by atoms with van der Waals surface area (Å²) in [7, 11) is 2.08. The molecule has 0 spiro atoms. The summed E-state index contributed by atoms with van der Waals surface area (Å²) in [6, 6.07) is 11.0. The smallest absolute Gasteiger partial charge is 0.108 e.